The van der Waals surface area contributed by atoms with Gasteiger partial charge in [0.2, 0.25) is 5.91 Å². The highest BCUT2D eigenvalue weighted by atomic mass is 32.1. The fourth-order valence-electron chi connectivity index (χ4n) is 2.05. The second-order valence-electron chi connectivity index (χ2n) is 5.10. The van der Waals surface area contributed by atoms with Gasteiger partial charge in [0.1, 0.15) is 5.75 Å². The number of hydrogen-bond donors (Lipinski definition) is 1. The molecule has 1 saturated carbocycles. The lowest BCUT2D eigenvalue weighted by atomic mass is 10.2. The van der Waals surface area contributed by atoms with E-state index in [1.807, 2.05) is 29.2 Å². The first-order valence-electron chi connectivity index (χ1n) is 6.80. The summed E-state index contributed by atoms with van der Waals surface area (Å²) >= 11 is 4.90. The molecule has 1 aromatic rings. The molecule has 2 N–H and O–H groups in total. The molecule has 0 saturated heterocycles. The minimum Gasteiger partial charge on any atom is -0.497 e. The van der Waals surface area contributed by atoms with Crippen molar-refractivity contribution in [3.63, 3.8) is 0 Å². The molecule has 1 aromatic carbocycles. The molecule has 0 aliphatic heterocycles. The third-order valence-electron chi connectivity index (χ3n) is 3.40. The molecule has 1 aliphatic rings. The van der Waals surface area contributed by atoms with E-state index in [4.69, 9.17) is 22.7 Å². The fourth-order valence-corrected chi connectivity index (χ4v) is 2.14. The highest BCUT2D eigenvalue weighted by Gasteiger charge is 2.33. The highest BCUT2D eigenvalue weighted by molar-refractivity contribution is 7.80. The molecule has 0 bridgehead atoms. The third-order valence-corrected chi connectivity index (χ3v) is 3.60. The maximum absolute atomic E-state index is 12.3. The van der Waals surface area contributed by atoms with Crippen molar-refractivity contribution in [1.82, 2.24) is 4.90 Å². The first-order valence-corrected chi connectivity index (χ1v) is 7.21. The molecule has 20 heavy (non-hydrogen) atoms. The highest BCUT2D eigenvalue weighted by Crippen LogP contribution is 2.31. The van der Waals surface area contributed by atoms with Crippen molar-refractivity contribution in [2.24, 2.45) is 11.7 Å². The van der Waals surface area contributed by atoms with Gasteiger partial charge in [-0.05, 0) is 30.5 Å². The van der Waals surface area contributed by atoms with Crippen molar-refractivity contribution in [2.45, 2.75) is 25.8 Å². The fraction of sp³-hybridized carbons (Fsp3) is 0.467. The summed E-state index contributed by atoms with van der Waals surface area (Å²) in [4.78, 5) is 14.6. The predicted molar refractivity (Wildman–Crippen MR) is 82.5 cm³/mol. The number of rotatable bonds is 7. The first kappa shape index (κ1) is 14.8. The van der Waals surface area contributed by atoms with E-state index in [-0.39, 0.29) is 11.8 Å². The average Bonchev–Trinajstić information content (AvgIpc) is 3.27. The molecule has 0 heterocycles. The van der Waals surface area contributed by atoms with Gasteiger partial charge < -0.3 is 15.4 Å². The van der Waals surface area contributed by atoms with Crippen LogP contribution in [0.4, 0.5) is 0 Å². The van der Waals surface area contributed by atoms with Crippen LogP contribution in [0.5, 0.6) is 5.75 Å². The maximum atomic E-state index is 12.3. The summed E-state index contributed by atoms with van der Waals surface area (Å²) in [6.07, 6.45) is 2.58. The summed E-state index contributed by atoms with van der Waals surface area (Å²) in [6, 6.07) is 7.77. The number of thiocarbonyl (C=S) groups is 1. The van der Waals surface area contributed by atoms with Crippen LogP contribution >= 0.6 is 12.2 Å². The molecule has 0 spiro atoms. The summed E-state index contributed by atoms with van der Waals surface area (Å²) in [7, 11) is 1.64. The van der Waals surface area contributed by atoms with Crippen molar-refractivity contribution in [2.75, 3.05) is 13.7 Å². The zero-order chi connectivity index (χ0) is 14.5. The smallest absolute Gasteiger partial charge is 0.225 e. The Morgan fingerprint density at radius 3 is 2.55 bits per heavy atom. The molecule has 5 heteroatoms. The van der Waals surface area contributed by atoms with Gasteiger partial charge in [0.15, 0.2) is 0 Å². The number of hydrogen-bond acceptors (Lipinski definition) is 3. The monoisotopic (exact) mass is 292 g/mol. The Kier molecular flexibility index (Phi) is 4.95. The van der Waals surface area contributed by atoms with Crippen molar-refractivity contribution in [1.29, 1.82) is 0 Å². The van der Waals surface area contributed by atoms with Crippen LogP contribution in [0.25, 0.3) is 0 Å². The molecule has 0 aromatic heterocycles. The van der Waals surface area contributed by atoms with Crippen LogP contribution in [-0.4, -0.2) is 29.5 Å². The van der Waals surface area contributed by atoms with Crippen LogP contribution in [0.15, 0.2) is 24.3 Å². The molecule has 108 valence electrons. The zero-order valence-corrected chi connectivity index (χ0v) is 12.5. The van der Waals surface area contributed by atoms with Crippen LogP contribution in [0.3, 0.4) is 0 Å². The zero-order valence-electron chi connectivity index (χ0n) is 11.7. The van der Waals surface area contributed by atoms with E-state index in [0.717, 1.165) is 24.2 Å². The first-order chi connectivity index (χ1) is 9.60. The van der Waals surface area contributed by atoms with E-state index in [0.29, 0.717) is 24.5 Å². The second-order valence-corrected chi connectivity index (χ2v) is 5.62. The number of carbonyl (C=O) groups excluding carboxylic acids is 1. The Balaban J connectivity index is 2.01. The molecule has 4 nitrogen and oxygen atoms in total. The minimum absolute atomic E-state index is 0.208. The van der Waals surface area contributed by atoms with Crippen molar-refractivity contribution >= 4 is 23.1 Å². The Hall–Kier alpha value is -1.62. The van der Waals surface area contributed by atoms with E-state index in [9.17, 15) is 4.79 Å². The maximum Gasteiger partial charge on any atom is 0.225 e. The van der Waals surface area contributed by atoms with Gasteiger partial charge in [-0.2, -0.15) is 0 Å². The molecule has 0 atom stereocenters. The van der Waals surface area contributed by atoms with Crippen LogP contribution in [0.2, 0.25) is 0 Å². The second kappa shape index (κ2) is 6.70. The van der Waals surface area contributed by atoms with E-state index >= 15 is 0 Å². The van der Waals surface area contributed by atoms with Crippen LogP contribution in [0.1, 0.15) is 24.8 Å². The number of ether oxygens (including phenoxy) is 1. The minimum atomic E-state index is 0.208. The van der Waals surface area contributed by atoms with E-state index in [1.165, 1.54) is 0 Å². The number of carbonyl (C=O) groups is 1. The Morgan fingerprint density at radius 1 is 1.40 bits per heavy atom. The molecule has 0 radical (unpaired) electrons. The molecule has 1 aliphatic carbocycles. The number of nitrogens with zero attached hydrogens (tertiary/aromatic N) is 1. The normalized spacial score (nSPS) is 13.8. The lowest BCUT2D eigenvalue weighted by molar-refractivity contribution is -0.133. The topological polar surface area (TPSA) is 55.6 Å². The number of nitrogens with two attached hydrogens (primary N) is 1. The molecular formula is C15H20N2O2S. The largest absolute Gasteiger partial charge is 0.497 e. The molecule has 2 rings (SSSR count). The predicted octanol–water partition coefficient (Wildman–Crippen LogP) is 2.11. The summed E-state index contributed by atoms with van der Waals surface area (Å²) in [5.74, 6) is 1.24. The summed E-state index contributed by atoms with van der Waals surface area (Å²) in [5, 5.41) is 0. The molecule has 1 amide bonds. The number of benzene rings is 1. The van der Waals surface area contributed by atoms with Crippen molar-refractivity contribution in [3.05, 3.63) is 29.8 Å². The standard InChI is InChI=1S/C15H20N2O2S/c1-19-13-6-2-11(3-7-13)10-17(9-8-14(16)20)15(18)12-4-5-12/h2-3,6-7,12H,4-5,8-10H2,1H3,(H2,16,20). The molecular weight excluding hydrogens is 272 g/mol. The van der Waals surface area contributed by atoms with Gasteiger partial charge in [-0.15, -0.1) is 0 Å². The van der Waals surface area contributed by atoms with E-state index in [1.54, 1.807) is 7.11 Å². The molecule has 0 unspecified atom stereocenters. The Bertz CT molecular complexity index is 483. The Labute approximate surface area is 124 Å². The van der Waals surface area contributed by atoms with Crippen LogP contribution in [-0.2, 0) is 11.3 Å². The Morgan fingerprint density at radius 2 is 2.05 bits per heavy atom. The van der Waals surface area contributed by atoms with Gasteiger partial charge in [0, 0.05) is 25.4 Å². The summed E-state index contributed by atoms with van der Waals surface area (Å²) < 4.78 is 5.13. The van der Waals surface area contributed by atoms with Gasteiger partial charge >= 0.3 is 0 Å². The SMILES string of the molecule is COc1ccc(CN(CCC(N)=S)C(=O)C2CC2)cc1. The third kappa shape index (κ3) is 4.20. The number of amides is 1. The summed E-state index contributed by atoms with van der Waals surface area (Å²) in [6.45, 7) is 1.19. The molecule has 1 fully saturated rings. The van der Waals surface area contributed by atoms with Gasteiger partial charge in [-0.25, -0.2) is 0 Å². The lowest BCUT2D eigenvalue weighted by Gasteiger charge is -2.22. The van der Waals surface area contributed by atoms with Crippen molar-refractivity contribution in [3.8, 4) is 5.75 Å². The van der Waals surface area contributed by atoms with Gasteiger partial charge in [0.05, 0.1) is 12.1 Å². The van der Waals surface area contributed by atoms with Gasteiger partial charge in [-0.3, -0.25) is 4.79 Å². The average molecular weight is 292 g/mol. The lowest BCUT2D eigenvalue weighted by Crippen LogP contribution is -2.34. The van der Waals surface area contributed by atoms with Gasteiger partial charge in [0.25, 0.3) is 0 Å². The van der Waals surface area contributed by atoms with Crippen molar-refractivity contribution < 1.29 is 9.53 Å². The summed E-state index contributed by atoms with van der Waals surface area (Å²) in [5.41, 5.74) is 6.63. The number of methoxy groups -OCH3 is 1. The van der Waals surface area contributed by atoms with E-state index < -0.39 is 0 Å². The van der Waals surface area contributed by atoms with Gasteiger partial charge in [-0.1, -0.05) is 24.4 Å². The van der Waals surface area contributed by atoms with E-state index in [2.05, 4.69) is 0 Å². The van der Waals surface area contributed by atoms with Crippen LogP contribution < -0.4 is 10.5 Å². The van der Waals surface area contributed by atoms with Crippen LogP contribution in [0, 0.1) is 5.92 Å². The quantitative estimate of drug-likeness (QED) is 0.782.